The number of carbonyl (C=O) groups excluding carboxylic acids is 1. The predicted octanol–water partition coefficient (Wildman–Crippen LogP) is 2.88. The Bertz CT molecular complexity index is 807. The number of anilines is 1. The Morgan fingerprint density at radius 1 is 1.21 bits per heavy atom. The Balaban J connectivity index is 1.68. The molecule has 1 aliphatic rings. The van der Waals surface area contributed by atoms with Crippen LogP contribution in [0.4, 0.5) is 5.82 Å². The molecule has 1 saturated heterocycles. The van der Waals surface area contributed by atoms with Crippen molar-refractivity contribution in [1.29, 1.82) is 5.26 Å². The minimum Gasteiger partial charge on any atom is -0.353 e. The van der Waals surface area contributed by atoms with E-state index in [2.05, 4.69) is 16.0 Å². The van der Waals surface area contributed by atoms with Crippen LogP contribution < -0.4 is 4.90 Å². The van der Waals surface area contributed by atoms with E-state index in [0.717, 1.165) is 11.4 Å². The van der Waals surface area contributed by atoms with Crippen molar-refractivity contribution in [3.8, 4) is 6.07 Å². The zero-order valence-corrected chi connectivity index (χ0v) is 14.1. The highest BCUT2D eigenvalue weighted by atomic mass is 35.5. The van der Waals surface area contributed by atoms with Crippen molar-refractivity contribution in [2.24, 2.45) is 0 Å². The highest BCUT2D eigenvalue weighted by Crippen LogP contribution is 2.18. The van der Waals surface area contributed by atoms with Crippen molar-refractivity contribution in [3.63, 3.8) is 0 Å². The molecule has 3 rings (SSSR count). The van der Waals surface area contributed by atoms with Gasteiger partial charge in [0.05, 0.1) is 0 Å². The molecule has 0 saturated carbocycles. The predicted molar refractivity (Wildman–Crippen MR) is 93.3 cm³/mol. The van der Waals surface area contributed by atoms with Gasteiger partial charge in [0.1, 0.15) is 17.6 Å². The van der Waals surface area contributed by atoms with E-state index in [4.69, 9.17) is 16.9 Å². The van der Waals surface area contributed by atoms with Gasteiger partial charge in [-0.15, -0.1) is 0 Å². The molecule has 0 spiro atoms. The van der Waals surface area contributed by atoms with Gasteiger partial charge in [-0.1, -0.05) is 23.7 Å². The van der Waals surface area contributed by atoms with E-state index in [1.165, 1.54) is 0 Å². The molecule has 0 unspecified atom stereocenters. The highest BCUT2D eigenvalue weighted by molar-refractivity contribution is 6.30. The van der Waals surface area contributed by atoms with E-state index >= 15 is 0 Å². The van der Waals surface area contributed by atoms with Crippen LogP contribution in [0.15, 0.2) is 36.4 Å². The normalized spacial score (nSPS) is 14.4. The van der Waals surface area contributed by atoms with Crippen LogP contribution in [-0.4, -0.2) is 42.0 Å². The second kappa shape index (κ2) is 6.90. The van der Waals surface area contributed by atoms with E-state index in [-0.39, 0.29) is 5.91 Å². The fourth-order valence-electron chi connectivity index (χ4n) is 2.75. The second-order valence-electron chi connectivity index (χ2n) is 5.74. The maximum absolute atomic E-state index is 12.5. The van der Waals surface area contributed by atoms with Crippen molar-refractivity contribution in [2.75, 3.05) is 31.1 Å². The van der Waals surface area contributed by atoms with Crippen molar-refractivity contribution in [3.05, 3.63) is 58.2 Å². The molecular weight excluding hydrogens is 324 g/mol. The molecule has 5 nitrogen and oxygen atoms in total. The van der Waals surface area contributed by atoms with Crippen molar-refractivity contribution < 1.29 is 4.79 Å². The van der Waals surface area contributed by atoms with Crippen LogP contribution in [0.5, 0.6) is 0 Å². The number of pyridine rings is 1. The van der Waals surface area contributed by atoms with Crippen LogP contribution in [0, 0.1) is 18.3 Å². The summed E-state index contributed by atoms with van der Waals surface area (Å²) in [7, 11) is 0. The summed E-state index contributed by atoms with van der Waals surface area (Å²) < 4.78 is 0. The molecule has 2 heterocycles. The first-order chi connectivity index (χ1) is 11.6. The zero-order chi connectivity index (χ0) is 17.1. The first kappa shape index (κ1) is 16.3. The lowest BCUT2D eigenvalue weighted by molar-refractivity contribution is 0.0746. The van der Waals surface area contributed by atoms with Crippen LogP contribution in [0.3, 0.4) is 0 Å². The number of rotatable bonds is 2. The highest BCUT2D eigenvalue weighted by Gasteiger charge is 2.23. The first-order valence-corrected chi connectivity index (χ1v) is 8.14. The van der Waals surface area contributed by atoms with E-state index in [0.29, 0.717) is 42.5 Å². The van der Waals surface area contributed by atoms with Gasteiger partial charge >= 0.3 is 0 Å². The van der Waals surface area contributed by atoms with Gasteiger partial charge in [0.2, 0.25) is 0 Å². The van der Waals surface area contributed by atoms with Gasteiger partial charge in [0.25, 0.3) is 5.91 Å². The third-order valence-electron chi connectivity index (χ3n) is 4.15. The van der Waals surface area contributed by atoms with Gasteiger partial charge in [0, 0.05) is 36.8 Å². The number of piperazine rings is 1. The topological polar surface area (TPSA) is 60.2 Å². The number of hydrogen-bond donors (Lipinski definition) is 0. The van der Waals surface area contributed by atoms with E-state index in [1.807, 2.05) is 24.0 Å². The third kappa shape index (κ3) is 3.34. The molecule has 1 aromatic heterocycles. The Labute approximate surface area is 146 Å². The smallest absolute Gasteiger partial charge is 0.254 e. The molecule has 122 valence electrons. The van der Waals surface area contributed by atoms with Crippen molar-refractivity contribution >= 4 is 23.3 Å². The standard InChI is InChI=1S/C18H17ClN4O/c1-13-5-6-17(21-16(13)12-20)22-7-9-23(10-8-22)18(24)14-3-2-4-15(19)11-14/h2-6,11H,7-10H2,1H3. The van der Waals surface area contributed by atoms with Gasteiger partial charge in [-0.2, -0.15) is 5.26 Å². The molecule has 1 aliphatic heterocycles. The van der Waals surface area contributed by atoms with Crippen LogP contribution >= 0.6 is 11.6 Å². The van der Waals surface area contributed by atoms with Crippen molar-refractivity contribution in [1.82, 2.24) is 9.88 Å². The Hall–Kier alpha value is -2.58. The Morgan fingerprint density at radius 2 is 1.96 bits per heavy atom. The van der Waals surface area contributed by atoms with E-state index in [1.54, 1.807) is 24.3 Å². The summed E-state index contributed by atoms with van der Waals surface area (Å²) in [6.07, 6.45) is 0. The third-order valence-corrected chi connectivity index (χ3v) is 4.39. The molecule has 2 aromatic rings. The number of benzene rings is 1. The number of halogens is 1. The monoisotopic (exact) mass is 340 g/mol. The quantitative estimate of drug-likeness (QED) is 0.843. The summed E-state index contributed by atoms with van der Waals surface area (Å²) >= 11 is 5.96. The molecule has 0 atom stereocenters. The number of carbonyl (C=O) groups is 1. The zero-order valence-electron chi connectivity index (χ0n) is 13.4. The summed E-state index contributed by atoms with van der Waals surface area (Å²) in [5.74, 6) is 0.777. The van der Waals surface area contributed by atoms with Crippen molar-refractivity contribution in [2.45, 2.75) is 6.92 Å². The van der Waals surface area contributed by atoms with Gasteiger partial charge in [-0.25, -0.2) is 4.98 Å². The molecule has 1 amide bonds. The first-order valence-electron chi connectivity index (χ1n) is 7.76. The van der Waals surface area contributed by atoms with Crippen LogP contribution in [-0.2, 0) is 0 Å². The maximum atomic E-state index is 12.5. The number of nitrogens with zero attached hydrogens (tertiary/aromatic N) is 4. The van der Waals surface area contributed by atoms with Crippen LogP contribution in [0.2, 0.25) is 5.02 Å². The fourth-order valence-corrected chi connectivity index (χ4v) is 2.94. The molecular formula is C18H17ClN4O. The largest absolute Gasteiger partial charge is 0.353 e. The second-order valence-corrected chi connectivity index (χ2v) is 6.17. The van der Waals surface area contributed by atoms with Crippen LogP contribution in [0.1, 0.15) is 21.6 Å². The Kier molecular flexibility index (Phi) is 4.68. The average Bonchev–Trinajstić information content (AvgIpc) is 2.62. The minimum atomic E-state index is -0.00766. The molecule has 1 fully saturated rings. The number of hydrogen-bond acceptors (Lipinski definition) is 4. The van der Waals surface area contributed by atoms with Gasteiger partial charge < -0.3 is 9.80 Å². The summed E-state index contributed by atoms with van der Waals surface area (Å²) in [6, 6.07) is 13.0. The van der Waals surface area contributed by atoms with Gasteiger partial charge in [0.15, 0.2) is 0 Å². The Morgan fingerprint density at radius 3 is 2.62 bits per heavy atom. The number of aryl methyl sites for hydroxylation is 1. The fraction of sp³-hybridized carbons (Fsp3) is 0.278. The molecule has 1 aromatic carbocycles. The SMILES string of the molecule is Cc1ccc(N2CCN(C(=O)c3cccc(Cl)c3)CC2)nc1C#N. The maximum Gasteiger partial charge on any atom is 0.254 e. The number of nitriles is 1. The number of amides is 1. The average molecular weight is 341 g/mol. The van der Waals surface area contributed by atoms with E-state index in [9.17, 15) is 4.79 Å². The summed E-state index contributed by atoms with van der Waals surface area (Å²) in [5.41, 5.74) is 1.93. The lowest BCUT2D eigenvalue weighted by Crippen LogP contribution is -2.49. The van der Waals surface area contributed by atoms with E-state index < -0.39 is 0 Å². The molecule has 6 heteroatoms. The lowest BCUT2D eigenvalue weighted by Gasteiger charge is -2.35. The molecule has 0 N–H and O–H groups in total. The summed E-state index contributed by atoms with van der Waals surface area (Å²) in [4.78, 5) is 20.8. The molecule has 0 radical (unpaired) electrons. The molecule has 0 bridgehead atoms. The molecule has 0 aliphatic carbocycles. The molecule has 24 heavy (non-hydrogen) atoms. The van der Waals surface area contributed by atoms with Gasteiger partial charge in [-0.05, 0) is 36.8 Å². The lowest BCUT2D eigenvalue weighted by atomic mass is 10.1. The summed E-state index contributed by atoms with van der Waals surface area (Å²) in [6.45, 7) is 4.48. The van der Waals surface area contributed by atoms with Gasteiger partial charge in [-0.3, -0.25) is 4.79 Å². The summed E-state index contributed by atoms with van der Waals surface area (Å²) in [5, 5.41) is 9.67. The van der Waals surface area contributed by atoms with Crippen LogP contribution in [0.25, 0.3) is 0 Å². The minimum absolute atomic E-state index is 0.00766. The number of aromatic nitrogens is 1.